The van der Waals surface area contributed by atoms with Crippen LogP contribution in [0.2, 0.25) is 0 Å². The van der Waals surface area contributed by atoms with Crippen LogP contribution in [0.5, 0.6) is 5.75 Å². The normalized spacial score (nSPS) is 12.0. The molecule has 0 fully saturated rings. The number of aryl methyl sites for hydroxylation is 2. The molecule has 0 unspecified atom stereocenters. The van der Waals surface area contributed by atoms with Gasteiger partial charge in [-0.25, -0.2) is 0 Å². The Bertz CT molecular complexity index is 427. The van der Waals surface area contributed by atoms with Crippen molar-refractivity contribution in [2.75, 3.05) is 27.3 Å². The molecule has 0 saturated carbocycles. The summed E-state index contributed by atoms with van der Waals surface area (Å²) in [6.07, 6.45) is 0. The quantitative estimate of drug-likeness (QED) is 0.858. The van der Waals surface area contributed by atoms with Crippen LogP contribution >= 0.6 is 0 Å². The summed E-state index contributed by atoms with van der Waals surface area (Å²) in [5.74, 6) is 0.941. The van der Waals surface area contributed by atoms with Gasteiger partial charge in [0.05, 0.1) is 7.11 Å². The topological polar surface area (TPSA) is 32.7 Å². The third-order valence-corrected chi connectivity index (χ3v) is 3.46. The van der Waals surface area contributed by atoms with Crippen LogP contribution in [0.15, 0.2) is 12.1 Å². The molecule has 0 heterocycles. The van der Waals surface area contributed by atoms with E-state index >= 15 is 0 Å². The minimum absolute atomic E-state index is 0.0816. The molecule has 0 spiro atoms. The Hall–Kier alpha value is -1.06. The summed E-state index contributed by atoms with van der Waals surface area (Å²) < 4.78 is 5.46. The number of hydrogen-bond acceptors (Lipinski definition) is 3. The lowest BCUT2D eigenvalue weighted by Crippen LogP contribution is -2.33. The van der Waals surface area contributed by atoms with Crippen LogP contribution in [0.3, 0.4) is 0 Å². The van der Waals surface area contributed by atoms with E-state index < -0.39 is 0 Å². The predicted octanol–water partition coefficient (Wildman–Crippen LogP) is 2.76. The fraction of sp³-hybridized carbons (Fsp3) is 0.625. The van der Waals surface area contributed by atoms with Gasteiger partial charge in [0, 0.05) is 30.7 Å². The predicted molar refractivity (Wildman–Crippen MR) is 79.7 cm³/mol. The summed E-state index contributed by atoms with van der Waals surface area (Å²) in [4.78, 5) is 2.23. The van der Waals surface area contributed by atoms with Crippen molar-refractivity contribution in [2.45, 2.75) is 34.2 Å². The fourth-order valence-corrected chi connectivity index (χ4v) is 2.29. The highest BCUT2D eigenvalue weighted by atomic mass is 16.5. The van der Waals surface area contributed by atoms with Gasteiger partial charge in [0.25, 0.3) is 0 Å². The smallest absolute Gasteiger partial charge is 0.123 e. The Balaban J connectivity index is 2.84. The van der Waals surface area contributed by atoms with E-state index in [1.807, 2.05) is 0 Å². The molecule has 0 bridgehead atoms. The van der Waals surface area contributed by atoms with Crippen molar-refractivity contribution in [2.24, 2.45) is 5.41 Å². The summed E-state index contributed by atoms with van der Waals surface area (Å²) in [5.41, 5.74) is 3.65. The Morgan fingerprint density at radius 2 is 1.79 bits per heavy atom. The van der Waals surface area contributed by atoms with Crippen LogP contribution in [0.4, 0.5) is 0 Å². The second kappa shape index (κ2) is 6.40. The zero-order chi connectivity index (χ0) is 14.6. The molecular weight excluding hydrogens is 238 g/mol. The Kier molecular flexibility index (Phi) is 5.39. The minimum atomic E-state index is -0.0816. The van der Waals surface area contributed by atoms with Gasteiger partial charge in [0.15, 0.2) is 0 Å². The minimum Gasteiger partial charge on any atom is -0.496 e. The second-order valence-electron chi connectivity index (χ2n) is 6.24. The average Bonchev–Trinajstić information content (AvgIpc) is 2.32. The van der Waals surface area contributed by atoms with E-state index in [1.165, 1.54) is 16.7 Å². The number of benzene rings is 1. The molecule has 108 valence electrons. The van der Waals surface area contributed by atoms with Crippen molar-refractivity contribution < 1.29 is 9.84 Å². The van der Waals surface area contributed by atoms with Crippen molar-refractivity contribution in [3.63, 3.8) is 0 Å². The van der Waals surface area contributed by atoms with Gasteiger partial charge < -0.3 is 14.7 Å². The highest BCUT2D eigenvalue weighted by Crippen LogP contribution is 2.25. The first-order valence-corrected chi connectivity index (χ1v) is 6.72. The Morgan fingerprint density at radius 3 is 2.32 bits per heavy atom. The third kappa shape index (κ3) is 4.51. The fourth-order valence-electron chi connectivity index (χ4n) is 2.29. The van der Waals surface area contributed by atoms with E-state index in [9.17, 15) is 5.11 Å². The largest absolute Gasteiger partial charge is 0.496 e. The summed E-state index contributed by atoms with van der Waals surface area (Å²) in [5, 5.41) is 9.34. The monoisotopic (exact) mass is 265 g/mol. The van der Waals surface area contributed by atoms with E-state index in [4.69, 9.17) is 4.74 Å². The lowest BCUT2D eigenvalue weighted by molar-refractivity contribution is 0.112. The molecule has 3 nitrogen and oxygen atoms in total. The highest BCUT2D eigenvalue weighted by molar-refractivity contribution is 5.41. The molecule has 1 aromatic rings. The SMILES string of the molecule is COc1cc(C)c(C)cc1CN(C)CC(C)(C)CO. The zero-order valence-corrected chi connectivity index (χ0v) is 13.1. The lowest BCUT2D eigenvalue weighted by atomic mass is 9.94. The molecule has 0 saturated heterocycles. The highest BCUT2D eigenvalue weighted by Gasteiger charge is 2.19. The van der Waals surface area contributed by atoms with Crippen LogP contribution in [-0.2, 0) is 6.54 Å². The lowest BCUT2D eigenvalue weighted by Gasteiger charge is -2.29. The van der Waals surface area contributed by atoms with Gasteiger partial charge in [-0.1, -0.05) is 19.9 Å². The number of hydrogen-bond donors (Lipinski definition) is 1. The van der Waals surface area contributed by atoms with E-state index in [2.05, 4.69) is 51.8 Å². The molecule has 0 atom stereocenters. The van der Waals surface area contributed by atoms with Gasteiger partial charge in [-0.2, -0.15) is 0 Å². The summed E-state index contributed by atoms with van der Waals surface area (Å²) in [6, 6.07) is 4.28. The maximum atomic E-state index is 9.34. The van der Waals surface area contributed by atoms with E-state index in [0.29, 0.717) is 0 Å². The molecular formula is C16H27NO2. The first-order chi connectivity index (χ1) is 8.79. The summed E-state index contributed by atoms with van der Waals surface area (Å²) in [6.45, 7) is 10.2. The molecule has 0 aliphatic rings. The maximum absolute atomic E-state index is 9.34. The first kappa shape index (κ1) is 16.0. The van der Waals surface area contributed by atoms with Gasteiger partial charge in [0.1, 0.15) is 5.75 Å². The molecule has 3 heteroatoms. The Morgan fingerprint density at radius 1 is 1.21 bits per heavy atom. The van der Waals surface area contributed by atoms with Crippen LogP contribution in [-0.4, -0.2) is 37.3 Å². The standard InChI is InChI=1S/C16H27NO2/c1-12-7-14(15(19-6)8-13(12)2)9-17(5)10-16(3,4)11-18/h7-8,18H,9-11H2,1-6H3. The second-order valence-corrected chi connectivity index (χ2v) is 6.24. The molecule has 0 aromatic heterocycles. The average molecular weight is 265 g/mol. The first-order valence-electron chi connectivity index (χ1n) is 6.72. The van der Waals surface area contributed by atoms with Crippen LogP contribution < -0.4 is 4.74 Å². The van der Waals surface area contributed by atoms with E-state index in [1.54, 1.807) is 7.11 Å². The van der Waals surface area contributed by atoms with Crippen molar-refractivity contribution in [3.05, 3.63) is 28.8 Å². The molecule has 1 N–H and O–H groups in total. The third-order valence-electron chi connectivity index (χ3n) is 3.46. The Labute approximate surface area is 117 Å². The molecule has 0 amide bonds. The number of aliphatic hydroxyl groups excluding tert-OH is 1. The maximum Gasteiger partial charge on any atom is 0.123 e. The van der Waals surface area contributed by atoms with Gasteiger partial charge in [-0.05, 0) is 38.1 Å². The number of aliphatic hydroxyl groups is 1. The molecule has 1 rings (SSSR count). The number of nitrogens with zero attached hydrogens (tertiary/aromatic N) is 1. The van der Waals surface area contributed by atoms with Gasteiger partial charge in [-0.3, -0.25) is 0 Å². The number of methoxy groups -OCH3 is 1. The molecule has 0 aliphatic carbocycles. The molecule has 1 aromatic carbocycles. The van der Waals surface area contributed by atoms with Crippen molar-refractivity contribution in [3.8, 4) is 5.75 Å². The molecule has 0 aliphatic heterocycles. The zero-order valence-electron chi connectivity index (χ0n) is 13.1. The van der Waals surface area contributed by atoms with Gasteiger partial charge >= 0.3 is 0 Å². The summed E-state index contributed by atoms with van der Waals surface area (Å²) in [7, 11) is 3.79. The van der Waals surface area contributed by atoms with Crippen LogP contribution in [0.1, 0.15) is 30.5 Å². The van der Waals surface area contributed by atoms with Crippen LogP contribution in [0.25, 0.3) is 0 Å². The number of rotatable bonds is 6. The van der Waals surface area contributed by atoms with Crippen molar-refractivity contribution >= 4 is 0 Å². The van der Waals surface area contributed by atoms with Gasteiger partial charge in [-0.15, -0.1) is 0 Å². The van der Waals surface area contributed by atoms with Gasteiger partial charge in [0.2, 0.25) is 0 Å². The van der Waals surface area contributed by atoms with Crippen molar-refractivity contribution in [1.82, 2.24) is 4.90 Å². The number of ether oxygens (including phenoxy) is 1. The molecule has 0 radical (unpaired) electrons. The van der Waals surface area contributed by atoms with E-state index in [-0.39, 0.29) is 12.0 Å². The van der Waals surface area contributed by atoms with Crippen LogP contribution in [0, 0.1) is 19.3 Å². The molecule has 19 heavy (non-hydrogen) atoms. The summed E-state index contributed by atoms with van der Waals surface area (Å²) >= 11 is 0. The van der Waals surface area contributed by atoms with E-state index in [0.717, 1.165) is 18.8 Å². The van der Waals surface area contributed by atoms with Crippen molar-refractivity contribution in [1.29, 1.82) is 0 Å².